The number of fused-ring (bicyclic) bond motifs is 1. The first kappa shape index (κ1) is 19.4. The second-order valence-corrected chi connectivity index (χ2v) is 5.96. The third-order valence-electron chi connectivity index (χ3n) is 3.67. The van der Waals surface area contributed by atoms with Crippen LogP contribution in [0, 0.1) is 11.3 Å². The number of nitrogens with zero attached hydrogens (tertiary/aromatic N) is 4. The lowest BCUT2D eigenvalue weighted by Gasteiger charge is -2.10. The molecule has 0 saturated heterocycles. The Balaban J connectivity index is 1.69. The molecule has 0 radical (unpaired) electrons. The summed E-state index contributed by atoms with van der Waals surface area (Å²) < 4.78 is 45.2. The largest absolute Gasteiger partial charge is 0.482 e. The minimum Gasteiger partial charge on any atom is -0.482 e. The van der Waals surface area contributed by atoms with Crippen molar-refractivity contribution in [2.24, 2.45) is 0 Å². The Morgan fingerprint density at radius 2 is 2.07 bits per heavy atom. The number of amides is 1. The molecule has 0 spiro atoms. The van der Waals surface area contributed by atoms with E-state index in [1.54, 1.807) is 18.2 Å². The number of carbonyl (C=O) groups excluding carboxylic acids is 1. The predicted octanol–water partition coefficient (Wildman–Crippen LogP) is 2.97. The van der Waals surface area contributed by atoms with Crippen LogP contribution in [0.4, 0.5) is 13.2 Å². The molecule has 3 rings (SSSR count). The van der Waals surface area contributed by atoms with Crippen LogP contribution < -0.4 is 10.1 Å². The summed E-state index contributed by atoms with van der Waals surface area (Å²) in [6.45, 7) is -0.578. The molecule has 0 unspecified atom stereocenters. The van der Waals surface area contributed by atoms with Crippen LogP contribution in [0.3, 0.4) is 0 Å². The Morgan fingerprint density at radius 3 is 2.79 bits per heavy atom. The van der Waals surface area contributed by atoms with Crippen LogP contribution >= 0.6 is 11.6 Å². The average Bonchev–Trinajstić information content (AvgIpc) is 3.08. The molecule has 11 heteroatoms. The smallest absolute Gasteiger partial charge is 0.417 e. The van der Waals surface area contributed by atoms with E-state index in [9.17, 15) is 18.0 Å². The maximum absolute atomic E-state index is 12.9. The van der Waals surface area contributed by atoms with Crippen molar-refractivity contribution in [3.05, 3.63) is 58.5 Å². The summed E-state index contributed by atoms with van der Waals surface area (Å²) in [6.07, 6.45) is -3.78. The maximum atomic E-state index is 12.9. The number of alkyl halides is 3. The molecule has 0 fully saturated rings. The Bertz CT molecular complexity index is 1070. The first-order chi connectivity index (χ1) is 13.3. The summed E-state index contributed by atoms with van der Waals surface area (Å²) in [5.74, 6) is -0.244. The van der Waals surface area contributed by atoms with E-state index in [0.29, 0.717) is 0 Å². The quantitative estimate of drug-likeness (QED) is 0.699. The highest BCUT2D eigenvalue weighted by atomic mass is 35.5. The number of carbonyl (C=O) groups is 1. The Morgan fingerprint density at radius 1 is 1.32 bits per heavy atom. The molecule has 3 aromatic rings. The van der Waals surface area contributed by atoms with Crippen molar-refractivity contribution in [2.45, 2.75) is 12.7 Å². The summed E-state index contributed by atoms with van der Waals surface area (Å²) in [4.78, 5) is 12.0. The van der Waals surface area contributed by atoms with Gasteiger partial charge >= 0.3 is 6.18 Å². The van der Waals surface area contributed by atoms with Crippen LogP contribution in [0.25, 0.3) is 5.65 Å². The van der Waals surface area contributed by atoms with Gasteiger partial charge in [-0.2, -0.15) is 18.4 Å². The number of halogens is 4. The molecule has 1 aromatic carbocycles. The van der Waals surface area contributed by atoms with Crippen LogP contribution in [0.5, 0.6) is 5.75 Å². The van der Waals surface area contributed by atoms with Gasteiger partial charge in [-0.1, -0.05) is 23.7 Å². The van der Waals surface area contributed by atoms with E-state index < -0.39 is 17.6 Å². The van der Waals surface area contributed by atoms with Crippen molar-refractivity contribution in [3.63, 3.8) is 0 Å². The lowest BCUT2D eigenvalue weighted by atomic mass is 10.2. The van der Waals surface area contributed by atoms with Crippen LogP contribution in [0.2, 0.25) is 5.02 Å². The van der Waals surface area contributed by atoms with Gasteiger partial charge in [-0.3, -0.25) is 9.20 Å². The molecule has 28 heavy (non-hydrogen) atoms. The van der Waals surface area contributed by atoms with Crippen LogP contribution in [0.15, 0.2) is 36.5 Å². The normalized spacial score (nSPS) is 11.2. The first-order valence-corrected chi connectivity index (χ1v) is 8.16. The fourth-order valence-corrected chi connectivity index (χ4v) is 2.58. The van der Waals surface area contributed by atoms with Crippen molar-refractivity contribution in [1.82, 2.24) is 19.9 Å². The minimum absolute atomic E-state index is 0.0399. The number of para-hydroxylation sites is 1. The van der Waals surface area contributed by atoms with Gasteiger partial charge in [0, 0.05) is 6.20 Å². The highest BCUT2D eigenvalue weighted by molar-refractivity contribution is 6.33. The lowest BCUT2D eigenvalue weighted by Crippen LogP contribution is -2.29. The third-order valence-corrected chi connectivity index (χ3v) is 3.95. The molecular weight excluding hydrogens is 399 g/mol. The van der Waals surface area contributed by atoms with Gasteiger partial charge < -0.3 is 10.1 Å². The molecule has 0 aliphatic rings. The van der Waals surface area contributed by atoms with Crippen molar-refractivity contribution >= 4 is 23.2 Å². The Labute approximate surface area is 161 Å². The zero-order valence-corrected chi connectivity index (χ0v) is 14.8. The van der Waals surface area contributed by atoms with Gasteiger partial charge in [-0.25, -0.2) is 0 Å². The van der Waals surface area contributed by atoms with E-state index in [4.69, 9.17) is 21.6 Å². The van der Waals surface area contributed by atoms with Gasteiger partial charge in [-0.05, 0) is 18.2 Å². The third kappa shape index (κ3) is 4.15. The van der Waals surface area contributed by atoms with Crippen molar-refractivity contribution in [3.8, 4) is 11.8 Å². The summed E-state index contributed by atoms with van der Waals surface area (Å²) in [7, 11) is 0. The topological polar surface area (TPSA) is 92.3 Å². The molecule has 1 N–H and O–H groups in total. The first-order valence-electron chi connectivity index (χ1n) is 7.78. The second kappa shape index (κ2) is 7.74. The number of aromatic nitrogens is 3. The Kier molecular flexibility index (Phi) is 5.37. The lowest BCUT2D eigenvalue weighted by molar-refractivity contribution is -0.137. The molecule has 0 atom stereocenters. The molecule has 1 amide bonds. The summed E-state index contributed by atoms with van der Waals surface area (Å²) in [6, 6.07) is 9.08. The molecule has 0 aliphatic heterocycles. The number of rotatable bonds is 5. The fourth-order valence-electron chi connectivity index (χ4n) is 2.33. The fraction of sp³-hybridized carbons (Fsp3) is 0.176. The molecule has 0 saturated carbocycles. The van der Waals surface area contributed by atoms with Crippen LogP contribution in [-0.2, 0) is 17.5 Å². The molecular formula is C17H11ClF3N5O2. The van der Waals surface area contributed by atoms with E-state index >= 15 is 0 Å². The van der Waals surface area contributed by atoms with Crippen LogP contribution in [0.1, 0.15) is 17.0 Å². The van der Waals surface area contributed by atoms with Crippen LogP contribution in [-0.4, -0.2) is 27.1 Å². The van der Waals surface area contributed by atoms with Crippen molar-refractivity contribution in [1.29, 1.82) is 5.26 Å². The molecule has 2 heterocycles. The number of pyridine rings is 1. The van der Waals surface area contributed by atoms with E-state index in [1.165, 1.54) is 6.07 Å². The van der Waals surface area contributed by atoms with Gasteiger partial charge in [0.15, 0.2) is 18.1 Å². The van der Waals surface area contributed by atoms with E-state index in [-0.39, 0.29) is 41.0 Å². The SMILES string of the molecule is N#Cc1ccccc1OCC(=O)NCc1nnc2c(Cl)cc(C(F)(F)F)cn12. The predicted molar refractivity (Wildman–Crippen MR) is 91.5 cm³/mol. The van der Waals surface area contributed by atoms with Crippen molar-refractivity contribution in [2.75, 3.05) is 6.61 Å². The second-order valence-electron chi connectivity index (χ2n) is 5.56. The van der Waals surface area contributed by atoms with E-state index in [2.05, 4.69) is 15.5 Å². The summed E-state index contributed by atoms with van der Waals surface area (Å²) in [5, 5.41) is 18.7. The number of ether oxygens (including phenoxy) is 1. The molecule has 0 bridgehead atoms. The van der Waals surface area contributed by atoms with Gasteiger partial charge in [0.25, 0.3) is 5.91 Å². The highest BCUT2D eigenvalue weighted by Gasteiger charge is 2.32. The van der Waals surface area contributed by atoms with Gasteiger partial charge in [0.05, 0.1) is 22.7 Å². The van der Waals surface area contributed by atoms with Crippen molar-refractivity contribution < 1.29 is 22.7 Å². The summed E-state index contributed by atoms with van der Waals surface area (Å²) in [5.41, 5.74) is -0.653. The van der Waals surface area contributed by atoms with Gasteiger partial charge in [0.1, 0.15) is 11.8 Å². The standard InChI is InChI=1S/C17H11ClF3N5O2/c18-12-5-11(17(19,20)21)8-26-14(24-25-16(12)26)7-23-15(27)9-28-13-4-2-1-3-10(13)6-22/h1-5,8H,7,9H2,(H,23,27). The zero-order valence-electron chi connectivity index (χ0n) is 14.0. The molecule has 2 aromatic heterocycles. The van der Waals surface area contributed by atoms with E-state index in [1.807, 2.05) is 6.07 Å². The highest BCUT2D eigenvalue weighted by Crippen LogP contribution is 2.32. The zero-order chi connectivity index (χ0) is 20.3. The van der Waals surface area contributed by atoms with Gasteiger partial charge in [0.2, 0.25) is 0 Å². The minimum atomic E-state index is -4.59. The number of benzene rings is 1. The number of hydrogen-bond acceptors (Lipinski definition) is 5. The number of hydrogen-bond donors (Lipinski definition) is 1. The average molecular weight is 410 g/mol. The van der Waals surface area contributed by atoms with Gasteiger partial charge in [-0.15, -0.1) is 10.2 Å². The number of nitriles is 1. The van der Waals surface area contributed by atoms with E-state index in [0.717, 1.165) is 16.7 Å². The molecule has 0 aliphatic carbocycles. The monoisotopic (exact) mass is 409 g/mol. The molecule has 144 valence electrons. The molecule has 7 nitrogen and oxygen atoms in total. The Hall–Kier alpha value is -3.32. The number of nitrogens with one attached hydrogen (secondary N) is 1. The summed E-state index contributed by atoms with van der Waals surface area (Å²) >= 11 is 5.83. The maximum Gasteiger partial charge on any atom is 0.417 e.